The molecule has 0 aromatic carbocycles. The number of pyridine rings is 1. The van der Waals surface area contributed by atoms with Crippen LogP contribution in [0.2, 0.25) is 0 Å². The molecule has 0 saturated carbocycles. The van der Waals surface area contributed by atoms with Gasteiger partial charge in [-0.2, -0.15) is 4.39 Å². The van der Waals surface area contributed by atoms with Gasteiger partial charge in [-0.15, -0.1) is 0 Å². The molecule has 0 aliphatic rings. The van der Waals surface area contributed by atoms with E-state index in [0.29, 0.717) is 4.57 Å². The fourth-order valence-electron chi connectivity index (χ4n) is 1.23. The van der Waals surface area contributed by atoms with Crippen LogP contribution in [0.15, 0.2) is 35.3 Å². The van der Waals surface area contributed by atoms with Gasteiger partial charge in [0, 0.05) is 12.3 Å². The van der Waals surface area contributed by atoms with Crippen molar-refractivity contribution in [3.05, 3.63) is 52.5 Å². The van der Waals surface area contributed by atoms with Crippen LogP contribution in [0.3, 0.4) is 0 Å². The smallest absolute Gasteiger partial charge is 0.354 e. The summed E-state index contributed by atoms with van der Waals surface area (Å²) in [5.74, 6) is -2.45. The quantitative estimate of drug-likeness (QED) is 0.764. The molecular weight excluding hydrogens is 229 g/mol. The van der Waals surface area contributed by atoms with Crippen LogP contribution in [0.1, 0.15) is 10.5 Å². The zero-order chi connectivity index (χ0) is 12.4. The van der Waals surface area contributed by atoms with Crippen molar-refractivity contribution in [2.75, 3.05) is 0 Å². The van der Waals surface area contributed by atoms with Gasteiger partial charge in [0.05, 0.1) is 0 Å². The summed E-state index contributed by atoms with van der Waals surface area (Å²) in [5, 5.41) is 8.72. The third kappa shape index (κ3) is 2.03. The summed E-state index contributed by atoms with van der Waals surface area (Å²) in [6.07, 6.45) is 1.14. The highest BCUT2D eigenvalue weighted by atomic mass is 19.1. The highest BCUT2D eigenvalue weighted by Crippen LogP contribution is 2.02. The molecule has 0 aliphatic heterocycles. The molecule has 0 aliphatic carbocycles. The molecule has 2 aromatic rings. The minimum atomic E-state index is -1.28. The SMILES string of the molecule is O=C(O)c1ccnc(-n2c(F)cccc2=O)n1. The van der Waals surface area contributed by atoms with Gasteiger partial charge in [0.2, 0.25) is 11.9 Å². The molecule has 1 N–H and O–H groups in total. The van der Waals surface area contributed by atoms with Crippen molar-refractivity contribution in [2.24, 2.45) is 0 Å². The molecule has 6 nitrogen and oxygen atoms in total. The van der Waals surface area contributed by atoms with Gasteiger partial charge in [0.25, 0.3) is 5.56 Å². The first-order chi connectivity index (χ1) is 8.09. The van der Waals surface area contributed by atoms with Crippen LogP contribution in [-0.2, 0) is 0 Å². The Morgan fingerprint density at radius 3 is 2.76 bits per heavy atom. The van der Waals surface area contributed by atoms with Crippen LogP contribution in [-0.4, -0.2) is 25.6 Å². The van der Waals surface area contributed by atoms with Crippen molar-refractivity contribution in [3.63, 3.8) is 0 Å². The lowest BCUT2D eigenvalue weighted by Crippen LogP contribution is -2.22. The fraction of sp³-hybridized carbons (Fsp3) is 0. The second-order valence-electron chi connectivity index (χ2n) is 3.07. The van der Waals surface area contributed by atoms with E-state index in [9.17, 15) is 14.0 Å². The van der Waals surface area contributed by atoms with Gasteiger partial charge >= 0.3 is 5.97 Å². The Bertz CT molecular complexity index is 639. The summed E-state index contributed by atoms with van der Waals surface area (Å²) in [6.45, 7) is 0. The largest absolute Gasteiger partial charge is 0.477 e. The zero-order valence-corrected chi connectivity index (χ0v) is 8.37. The molecule has 0 radical (unpaired) electrons. The fourth-order valence-corrected chi connectivity index (χ4v) is 1.23. The number of halogens is 1. The number of carbonyl (C=O) groups is 1. The van der Waals surface area contributed by atoms with Crippen molar-refractivity contribution >= 4 is 5.97 Å². The molecule has 2 aromatic heterocycles. The number of aromatic carboxylic acids is 1. The number of carboxylic acid groups (broad SMARTS) is 1. The summed E-state index contributed by atoms with van der Waals surface area (Å²) in [7, 11) is 0. The van der Waals surface area contributed by atoms with E-state index in [-0.39, 0.29) is 11.6 Å². The van der Waals surface area contributed by atoms with Gasteiger partial charge in [-0.25, -0.2) is 19.3 Å². The molecule has 0 amide bonds. The number of rotatable bonds is 2. The van der Waals surface area contributed by atoms with Crippen LogP contribution in [0, 0.1) is 5.95 Å². The molecule has 0 bridgehead atoms. The third-order valence-electron chi connectivity index (χ3n) is 1.97. The Kier molecular flexibility index (Phi) is 2.65. The number of hydrogen-bond acceptors (Lipinski definition) is 4. The van der Waals surface area contributed by atoms with Gasteiger partial charge in [-0.05, 0) is 12.1 Å². The standard InChI is InChI=1S/C10H6FN3O3/c11-7-2-1-3-8(15)14(7)10-12-5-4-6(13-10)9(16)17/h1-5H,(H,16,17). The minimum Gasteiger partial charge on any atom is -0.477 e. The Morgan fingerprint density at radius 1 is 1.35 bits per heavy atom. The molecular formula is C10H6FN3O3. The number of hydrogen-bond donors (Lipinski definition) is 1. The molecule has 2 rings (SSSR count). The zero-order valence-electron chi connectivity index (χ0n) is 8.37. The predicted octanol–water partition coefficient (Wildman–Crippen LogP) is 0.465. The lowest BCUT2D eigenvalue weighted by Gasteiger charge is -2.04. The molecule has 17 heavy (non-hydrogen) atoms. The topological polar surface area (TPSA) is 85.1 Å². The average Bonchev–Trinajstić information content (AvgIpc) is 2.29. The van der Waals surface area contributed by atoms with E-state index >= 15 is 0 Å². The second kappa shape index (κ2) is 4.12. The predicted molar refractivity (Wildman–Crippen MR) is 54.5 cm³/mol. The number of nitrogens with zero attached hydrogens (tertiary/aromatic N) is 3. The van der Waals surface area contributed by atoms with Crippen LogP contribution in [0.25, 0.3) is 5.95 Å². The first kappa shape index (κ1) is 10.9. The highest BCUT2D eigenvalue weighted by Gasteiger charge is 2.11. The summed E-state index contributed by atoms with van der Waals surface area (Å²) in [6, 6.07) is 4.57. The molecule has 0 saturated heterocycles. The van der Waals surface area contributed by atoms with Crippen molar-refractivity contribution in [3.8, 4) is 5.95 Å². The van der Waals surface area contributed by atoms with Crippen LogP contribution in [0.5, 0.6) is 0 Å². The van der Waals surface area contributed by atoms with Crippen LogP contribution < -0.4 is 5.56 Å². The second-order valence-corrected chi connectivity index (χ2v) is 3.07. The number of carboxylic acids is 1. The summed E-state index contributed by atoms with van der Waals surface area (Å²) in [4.78, 5) is 29.3. The molecule has 2 heterocycles. The maximum absolute atomic E-state index is 13.4. The Balaban J connectivity index is 2.65. The Labute approximate surface area is 94.0 Å². The summed E-state index contributed by atoms with van der Waals surface area (Å²) < 4.78 is 14.0. The maximum Gasteiger partial charge on any atom is 0.354 e. The lowest BCUT2D eigenvalue weighted by molar-refractivity contribution is 0.0690. The van der Waals surface area contributed by atoms with Gasteiger partial charge in [0.1, 0.15) is 0 Å². The Hall–Kier alpha value is -2.57. The van der Waals surface area contributed by atoms with Crippen molar-refractivity contribution < 1.29 is 14.3 Å². The molecule has 0 fully saturated rings. The van der Waals surface area contributed by atoms with E-state index in [1.54, 1.807) is 0 Å². The van der Waals surface area contributed by atoms with Gasteiger partial charge < -0.3 is 5.11 Å². The summed E-state index contributed by atoms with van der Waals surface area (Å²) >= 11 is 0. The van der Waals surface area contributed by atoms with Crippen molar-refractivity contribution in [2.45, 2.75) is 0 Å². The first-order valence-corrected chi connectivity index (χ1v) is 4.54. The monoisotopic (exact) mass is 235 g/mol. The highest BCUT2D eigenvalue weighted by molar-refractivity contribution is 5.85. The van der Waals surface area contributed by atoms with E-state index in [1.165, 1.54) is 6.07 Å². The maximum atomic E-state index is 13.4. The molecule has 7 heteroatoms. The van der Waals surface area contributed by atoms with E-state index < -0.39 is 17.5 Å². The number of aromatic nitrogens is 3. The van der Waals surface area contributed by atoms with Gasteiger partial charge in [-0.1, -0.05) is 6.07 Å². The van der Waals surface area contributed by atoms with Crippen molar-refractivity contribution in [1.82, 2.24) is 14.5 Å². The minimum absolute atomic E-state index is 0.312. The molecule has 0 spiro atoms. The third-order valence-corrected chi connectivity index (χ3v) is 1.97. The van der Waals surface area contributed by atoms with E-state index in [4.69, 9.17) is 5.11 Å². The van der Waals surface area contributed by atoms with E-state index in [1.807, 2.05) is 0 Å². The van der Waals surface area contributed by atoms with E-state index in [0.717, 1.165) is 24.4 Å². The molecule has 86 valence electrons. The van der Waals surface area contributed by atoms with Crippen LogP contribution in [0.4, 0.5) is 4.39 Å². The average molecular weight is 235 g/mol. The summed E-state index contributed by atoms with van der Waals surface area (Å²) in [5.41, 5.74) is -0.988. The van der Waals surface area contributed by atoms with Gasteiger partial charge in [0.15, 0.2) is 5.69 Å². The van der Waals surface area contributed by atoms with Crippen molar-refractivity contribution in [1.29, 1.82) is 0 Å². The first-order valence-electron chi connectivity index (χ1n) is 4.54. The van der Waals surface area contributed by atoms with Crippen LogP contribution >= 0.6 is 0 Å². The van der Waals surface area contributed by atoms with E-state index in [2.05, 4.69) is 9.97 Å². The van der Waals surface area contributed by atoms with Gasteiger partial charge in [-0.3, -0.25) is 4.79 Å². The lowest BCUT2D eigenvalue weighted by atomic mass is 10.4. The normalized spacial score (nSPS) is 10.2. The molecule has 0 atom stereocenters. The molecule has 0 unspecified atom stereocenters. The Morgan fingerprint density at radius 2 is 2.12 bits per heavy atom.